The molecule has 0 bridgehead atoms. The number of hydrogen-bond donors (Lipinski definition) is 4. The van der Waals surface area contributed by atoms with Crippen molar-refractivity contribution >= 4 is 29.7 Å². The first-order valence-electron chi connectivity index (χ1n) is 9.46. The summed E-state index contributed by atoms with van der Waals surface area (Å²) in [5.74, 6) is -4.97. The Hall–Kier alpha value is -2.57. The summed E-state index contributed by atoms with van der Waals surface area (Å²) in [6, 6.07) is -0.529. The van der Waals surface area contributed by atoms with E-state index in [1.807, 2.05) is 13.8 Å². The molecule has 0 aromatic heterocycles. The summed E-state index contributed by atoms with van der Waals surface area (Å²) >= 11 is 0. The van der Waals surface area contributed by atoms with E-state index in [9.17, 15) is 24.0 Å². The van der Waals surface area contributed by atoms with Gasteiger partial charge in [-0.25, -0.2) is 0 Å². The molecule has 1 unspecified atom stereocenters. The zero-order valence-electron chi connectivity index (χ0n) is 17.9. The molecule has 0 aliphatic rings. The maximum atomic E-state index is 11.5. The van der Waals surface area contributed by atoms with E-state index in [-0.39, 0.29) is 32.0 Å². The molecule has 12 heteroatoms. The highest BCUT2D eigenvalue weighted by Gasteiger charge is 2.23. The SMILES string of the molecule is CC.CC(=O)CN(CCN(CC(=O)O)CC(=O)O)CC(C)N(CC(=O)O)CC(=O)O. The maximum absolute atomic E-state index is 11.5. The number of Topliss-reactive ketones (excluding diaryl/α,β-unsaturated/α-hetero) is 1. The quantitative estimate of drug-likeness (QED) is 0.238. The Morgan fingerprint density at radius 1 is 0.667 bits per heavy atom. The number of nitrogens with zero attached hydrogens (tertiary/aromatic N) is 3. The highest BCUT2D eigenvalue weighted by molar-refractivity contribution is 5.77. The number of carbonyl (C=O) groups is 5. The Morgan fingerprint density at radius 3 is 1.37 bits per heavy atom. The van der Waals surface area contributed by atoms with Gasteiger partial charge in [0.05, 0.1) is 32.7 Å². The smallest absolute Gasteiger partial charge is 0.317 e. The molecule has 4 N–H and O–H groups in total. The van der Waals surface area contributed by atoms with Gasteiger partial charge in [-0.3, -0.25) is 38.7 Å². The number of carboxylic acids is 4. The van der Waals surface area contributed by atoms with E-state index >= 15 is 0 Å². The Bertz CT molecular complexity index is 551. The fraction of sp³-hybridized carbons (Fsp3) is 0.722. The van der Waals surface area contributed by atoms with Crippen LogP contribution in [0.2, 0.25) is 0 Å². The van der Waals surface area contributed by atoms with E-state index in [1.54, 1.807) is 11.8 Å². The van der Waals surface area contributed by atoms with Gasteiger partial charge in [-0.1, -0.05) is 13.8 Å². The monoisotopic (exact) mass is 435 g/mol. The molecule has 0 aromatic rings. The number of hydrogen-bond acceptors (Lipinski definition) is 8. The molecule has 174 valence electrons. The largest absolute Gasteiger partial charge is 0.480 e. The highest BCUT2D eigenvalue weighted by Crippen LogP contribution is 2.04. The van der Waals surface area contributed by atoms with Crippen LogP contribution < -0.4 is 0 Å². The van der Waals surface area contributed by atoms with Crippen LogP contribution in [0.25, 0.3) is 0 Å². The van der Waals surface area contributed by atoms with Crippen molar-refractivity contribution < 1.29 is 44.4 Å². The lowest BCUT2D eigenvalue weighted by Gasteiger charge is -2.32. The molecule has 0 rings (SSSR count). The molecular formula is C18H33N3O9. The molecular weight excluding hydrogens is 402 g/mol. The van der Waals surface area contributed by atoms with Gasteiger partial charge < -0.3 is 20.4 Å². The minimum atomic E-state index is -1.19. The van der Waals surface area contributed by atoms with E-state index in [0.717, 1.165) is 0 Å². The molecule has 30 heavy (non-hydrogen) atoms. The number of carbonyl (C=O) groups excluding carboxylic acids is 1. The standard InChI is InChI=1S/C16H27N3O9.C2H6/c1-11(19(9-15(25)26)10-16(27)28)5-17(6-12(2)20)3-4-18(7-13(21)22)8-14(23)24;1-2/h11H,3-10H2,1-2H3,(H,21,22)(H,23,24)(H,25,26)(H,27,28);1-2H3. The van der Waals surface area contributed by atoms with Crippen LogP contribution in [-0.2, 0) is 24.0 Å². The van der Waals surface area contributed by atoms with E-state index in [2.05, 4.69) is 0 Å². The van der Waals surface area contributed by atoms with Crippen molar-refractivity contribution in [2.75, 3.05) is 52.4 Å². The Morgan fingerprint density at radius 2 is 1.03 bits per heavy atom. The van der Waals surface area contributed by atoms with Gasteiger partial charge in [0.25, 0.3) is 0 Å². The molecule has 0 fully saturated rings. The summed E-state index contributed by atoms with van der Waals surface area (Å²) in [7, 11) is 0. The van der Waals surface area contributed by atoms with E-state index in [0.29, 0.717) is 0 Å². The number of aliphatic carboxylic acids is 4. The second-order valence-electron chi connectivity index (χ2n) is 6.48. The molecule has 1 atom stereocenters. The van der Waals surface area contributed by atoms with E-state index in [4.69, 9.17) is 20.4 Å². The van der Waals surface area contributed by atoms with Crippen molar-refractivity contribution in [1.29, 1.82) is 0 Å². The maximum Gasteiger partial charge on any atom is 0.317 e. The number of rotatable bonds is 16. The molecule has 0 saturated carbocycles. The molecule has 0 radical (unpaired) electrons. The Balaban J connectivity index is 0. The Labute approximate surface area is 175 Å². The summed E-state index contributed by atoms with van der Waals surface area (Å²) in [6.45, 7) is 5.33. The molecule has 0 heterocycles. The first kappa shape index (κ1) is 29.6. The van der Waals surface area contributed by atoms with Crippen molar-refractivity contribution in [2.24, 2.45) is 0 Å². The van der Waals surface area contributed by atoms with Crippen LogP contribution in [0, 0.1) is 0 Å². The highest BCUT2D eigenvalue weighted by atomic mass is 16.4. The molecule has 12 nitrogen and oxygen atoms in total. The second-order valence-corrected chi connectivity index (χ2v) is 6.48. The van der Waals surface area contributed by atoms with Crippen molar-refractivity contribution in [3.63, 3.8) is 0 Å². The zero-order valence-corrected chi connectivity index (χ0v) is 17.9. The van der Waals surface area contributed by atoms with Crippen LogP contribution in [0.5, 0.6) is 0 Å². The second kappa shape index (κ2) is 16.3. The lowest BCUT2D eigenvalue weighted by Crippen LogP contribution is -2.49. The van der Waals surface area contributed by atoms with Gasteiger partial charge >= 0.3 is 23.9 Å². The van der Waals surface area contributed by atoms with Crippen LogP contribution in [0.4, 0.5) is 0 Å². The third-order valence-electron chi connectivity index (χ3n) is 3.72. The first-order chi connectivity index (χ1) is 13.9. The first-order valence-corrected chi connectivity index (χ1v) is 9.46. The van der Waals surface area contributed by atoms with Gasteiger partial charge in [-0.2, -0.15) is 0 Å². The third kappa shape index (κ3) is 16.4. The van der Waals surface area contributed by atoms with Crippen LogP contribution in [0.15, 0.2) is 0 Å². The van der Waals surface area contributed by atoms with Gasteiger partial charge in [0.1, 0.15) is 5.78 Å². The molecule has 0 aromatic carbocycles. The lowest BCUT2D eigenvalue weighted by molar-refractivity contribution is -0.144. The summed E-state index contributed by atoms with van der Waals surface area (Å²) in [5, 5.41) is 35.6. The molecule has 0 saturated heterocycles. The summed E-state index contributed by atoms with van der Waals surface area (Å²) in [5.41, 5.74) is 0. The van der Waals surface area contributed by atoms with Crippen LogP contribution in [-0.4, -0.2) is 123 Å². The van der Waals surface area contributed by atoms with Crippen molar-refractivity contribution in [1.82, 2.24) is 14.7 Å². The van der Waals surface area contributed by atoms with Gasteiger partial charge in [-0.05, 0) is 13.8 Å². The summed E-state index contributed by atoms with van der Waals surface area (Å²) in [4.78, 5) is 59.2. The predicted molar refractivity (Wildman–Crippen MR) is 106 cm³/mol. The van der Waals surface area contributed by atoms with Crippen LogP contribution in [0.3, 0.4) is 0 Å². The van der Waals surface area contributed by atoms with Gasteiger partial charge in [0, 0.05) is 25.7 Å². The van der Waals surface area contributed by atoms with E-state index in [1.165, 1.54) is 16.7 Å². The number of ketones is 1. The average molecular weight is 435 g/mol. The molecule has 0 aliphatic carbocycles. The third-order valence-corrected chi connectivity index (χ3v) is 3.72. The zero-order chi connectivity index (χ0) is 23.9. The summed E-state index contributed by atoms with van der Waals surface area (Å²) in [6.07, 6.45) is 0. The normalized spacial score (nSPS) is 11.7. The van der Waals surface area contributed by atoms with Gasteiger partial charge in [0.2, 0.25) is 0 Å². The Kier molecular flexibility index (Phi) is 16.1. The lowest BCUT2D eigenvalue weighted by atomic mass is 10.2. The van der Waals surface area contributed by atoms with Crippen molar-refractivity contribution in [3.05, 3.63) is 0 Å². The topological polar surface area (TPSA) is 176 Å². The van der Waals surface area contributed by atoms with Crippen LogP contribution >= 0.6 is 0 Å². The van der Waals surface area contributed by atoms with Crippen molar-refractivity contribution in [2.45, 2.75) is 33.7 Å². The van der Waals surface area contributed by atoms with Gasteiger partial charge in [-0.15, -0.1) is 0 Å². The fourth-order valence-corrected chi connectivity index (χ4v) is 2.63. The van der Waals surface area contributed by atoms with Gasteiger partial charge in [0.15, 0.2) is 0 Å². The minimum Gasteiger partial charge on any atom is -0.480 e. The number of carboxylic acid groups (broad SMARTS) is 4. The summed E-state index contributed by atoms with van der Waals surface area (Å²) < 4.78 is 0. The average Bonchev–Trinajstić information content (AvgIpc) is 2.58. The van der Waals surface area contributed by atoms with Crippen molar-refractivity contribution in [3.8, 4) is 0 Å². The molecule has 0 aliphatic heterocycles. The molecule has 0 amide bonds. The minimum absolute atomic E-state index is 0.0215. The predicted octanol–water partition coefficient (Wildman–Crippen LogP) is -0.765. The molecule has 0 spiro atoms. The fourth-order valence-electron chi connectivity index (χ4n) is 2.63. The van der Waals surface area contributed by atoms with Crippen LogP contribution in [0.1, 0.15) is 27.7 Å². The van der Waals surface area contributed by atoms with E-state index < -0.39 is 56.1 Å².